The molecule has 1 heterocycles. The Bertz CT molecular complexity index is 375. The summed E-state index contributed by atoms with van der Waals surface area (Å²) in [5, 5.41) is 0. The average Bonchev–Trinajstić information content (AvgIpc) is 2.33. The van der Waals surface area contributed by atoms with Crippen LogP contribution in [-0.4, -0.2) is 4.98 Å². The quantitative estimate of drug-likeness (QED) is 0.804. The highest BCUT2D eigenvalue weighted by atomic mass is 16.1. The Morgan fingerprint density at radius 2 is 1.88 bits per heavy atom. The van der Waals surface area contributed by atoms with Crippen LogP contribution in [0.15, 0.2) is 29.7 Å². The maximum Gasteiger partial charge on any atom is 0.255 e. The summed E-state index contributed by atoms with van der Waals surface area (Å²) in [5.74, 6) is 0. The summed E-state index contributed by atoms with van der Waals surface area (Å²) in [6.45, 7) is 13.7. The van der Waals surface area contributed by atoms with Gasteiger partial charge in [-0.2, -0.15) is 0 Å². The zero-order valence-corrected chi connectivity index (χ0v) is 11.7. The van der Waals surface area contributed by atoms with Crippen LogP contribution < -0.4 is 5.56 Å². The van der Waals surface area contributed by atoms with E-state index in [0.717, 1.165) is 5.56 Å². The van der Waals surface area contributed by atoms with Crippen molar-refractivity contribution in [3.8, 4) is 0 Å². The first-order valence-electron chi connectivity index (χ1n) is 6.18. The summed E-state index contributed by atoms with van der Waals surface area (Å²) in [6, 6.07) is 1.85. The molecule has 2 nitrogen and oxygen atoms in total. The Balaban J connectivity index is 0. The predicted octanol–water partition coefficient (Wildman–Crippen LogP) is 4.49. The van der Waals surface area contributed by atoms with E-state index in [4.69, 9.17) is 0 Å². The Hall–Kier alpha value is -1.57. The van der Waals surface area contributed by atoms with Gasteiger partial charge in [0.25, 0.3) is 5.56 Å². The molecule has 0 aliphatic carbocycles. The van der Waals surface area contributed by atoms with Crippen molar-refractivity contribution in [2.24, 2.45) is 0 Å². The molecular weight excluding hydrogens is 210 g/mol. The van der Waals surface area contributed by atoms with E-state index in [9.17, 15) is 4.79 Å². The monoisotopic (exact) mass is 235 g/mol. The summed E-state index contributed by atoms with van der Waals surface area (Å²) >= 11 is 0. The number of aromatic nitrogens is 1. The van der Waals surface area contributed by atoms with Crippen molar-refractivity contribution in [2.75, 3.05) is 0 Å². The van der Waals surface area contributed by atoms with Crippen molar-refractivity contribution in [1.82, 2.24) is 4.98 Å². The summed E-state index contributed by atoms with van der Waals surface area (Å²) in [5.41, 5.74) is 1.42. The molecule has 0 amide bonds. The third kappa shape index (κ3) is 7.34. The van der Waals surface area contributed by atoms with Crippen LogP contribution in [0.4, 0.5) is 0 Å². The van der Waals surface area contributed by atoms with E-state index in [-0.39, 0.29) is 5.56 Å². The van der Waals surface area contributed by atoms with Gasteiger partial charge in [0.05, 0.1) is 0 Å². The largest absolute Gasteiger partial charge is 0.329 e. The fourth-order valence-corrected chi connectivity index (χ4v) is 1.04. The zero-order valence-electron chi connectivity index (χ0n) is 11.7. The minimum Gasteiger partial charge on any atom is -0.329 e. The number of pyridine rings is 1. The first-order chi connectivity index (χ1) is 8.21. The summed E-state index contributed by atoms with van der Waals surface area (Å²) in [7, 11) is 0. The number of nitrogens with one attached hydrogen (secondary N) is 1. The first-order valence-corrected chi connectivity index (χ1v) is 6.18. The molecule has 0 radical (unpaired) electrons. The van der Waals surface area contributed by atoms with Crippen LogP contribution >= 0.6 is 0 Å². The predicted molar refractivity (Wildman–Crippen MR) is 79.2 cm³/mol. The molecule has 0 bridgehead atoms. The molecule has 0 fully saturated rings. The smallest absolute Gasteiger partial charge is 0.255 e. The van der Waals surface area contributed by atoms with E-state index in [1.165, 1.54) is 6.42 Å². The van der Waals surface area contributed by atoms with Crippen LogP contribution in [0, 0.1) is 0 Å². The van der Waals surface area contributed by atoms with Crippen LogP contribution in [0.1, 0.15) is 52.2 Å². The number of allylic oxidation sites excluding steroid dienone is 1. The molecule has 1 aromatic heterocycles. The molecule has 2 heteroatoms. The van der Waals surface area contributed by atoms with E-state index in [0.29, 0.717) is 5.56 Å². The van der Waals surface area contributed by atoms with Crippen LogP contribution in [0.2, 0.25) is 0 Å². The van der Waals surface area contributed by atoms with Gasteiger partial charge in [0.15, 0.2) is 0 Å². The van der Waals surface area contributed by atoms with E-state index >= 15 is 0 Å². The second-order valence-corrected chi connectivity index (χ2v) is 3.09. The van der Waals surface area contributed by atoms with E-state index in [1.807, 2.05) is 39.0 Å². The lowest BCUT2D eigenvalue weighted by molar-refractivity contribution is 1.09. The fourth-order valence-electron chi connectivity index (χ4n) is 1.04. The maximum absolute atomic E-state index is 11.2. The molecule has 0 atom stereocenters. The zero-order chi connectivity index (χ0) is 13.7. The van der Waals surface area contributed by atoms with Gasteiger partial charge in [-0.05, 0) is 18.6 Å². The second kappa shape index (κ2) is 12.5. The first kappa shape index (κ1) is 17.8. The van der Waals surface area contributed by atoms with Gasteiger partial charge in [-0.25, -0.2) is 0 Å². The molecule has 96 valence electrons. The van der Waals surface area contributed by atoms with Crippen LogP contribution in [0.25, 0.3) is 12.2 Å². The van der Waals surface area contributed by atoms with Crippen LogP contribution in [0.5, 0.6) is 0 Å². The fraction of sp³-hybridized carbons (Fsp3) is 0.400. The number of hydrogen-bond acceptors (Lipinski definition) is 1. The summed E-state index contributed by atoms with van der Waals surface area (Å²) in [6.07, 6.45) is 8.22. The second-order valence-electron chi connectivity index (χ2n) is 3.09. The summed E-state index contributed by atoms with van der Waals surface area (Å²) in [4.78, 5) is 13.8. The van der Waals surface area contributed by atoms with Crippen molar-refractivity contribution in [2.45, 2.75) is 41.0 Å². The third-order valence-corrected chi connectivity index (χ3v) is 1.58. The van der Waals surface area contributed by atoms with Gasteiger partial charge >= 0.3 is 0 Å². The Kier molecular flexibility index (Phi) is 13.1. The lowest BCUT2D eigenvalue weighted by atomic mass is 10.1. The van der Waals surface area contributed by atoms with Gasteiger partial charge in [0.1, 0.15) is 0 Å². The molecule has 0 unspecified atom stereocenters. The molecule has 17 heavy (non-hydrogen) atoms. The van der Waals surface area contributed by atoms with Crippen LogP contribution in [-0.2, 0) is 0 Å². The van der Waals surface area contributed by atoms with Gasteiger partial charge in [0.2, 0.25) is 0 Å². The molecule has 1 aromatic rings. The van der Waals surface area contributed by atoms with Crippen molar-refractivity contribution in [1.29, 1.82) is 0 Å². The van der Waals surface area contributed by atoms with Crippen LogP contribution in [0.3, 0.4) is 0 Å². The number of rotatable bonds is 2. The normalized spacial score (nSPS) is 8.76. The molecule has 0 saturated heterocycles. The number of H-pyrrole nitrogens is 1. The minimum atomic E-state index is -0.0967. The lowest BCUT2D eigenvalue weighted by Crippen LogP contribution is -2.09. The highest BCUT2D eigenvalue weighted by Crippen LogP contribution is 2.05. The van der Waals surface area contributed by atoms with E-state index < -0.39 is 0 Å². The maximum atomic E-state index is 11.2. The molecule has 1 rings (SSSR count). The number of hydrogen-bond donors (Lipinski definition) is 1. The van der Waals surface area contributed by atoms with Gasteiger partial charge in [-0.3, -0.25) is 4.79 Å². The standard InChI is InChI=1S/C10H11NO.C3H8.C2H6/c1-3-5-8-6-7-11-10(12)9(8)4-2;1-3-2;1-2/h3-7H,2H2,1H3,(H,11,12);3H2,1-2H3;1-2H3/b5-3-;;. The van der Waals surface area contributed by atoms with Crippen molar-refractivity contribution in [3.05, 3.63) is 46.4 Å². The SMILES string of the molecule is C=Cc1c(/C=C\C)cc[nH]c1=O.CC.CCC. The highest BCUT2D eigenvalue weighted by molar-refractivity contribution is 5.62. The van der Waals surface area contributed by atoms with Gasteiger partial charge in [-0.15, -0.1) is 0 Å². The molecule has 1 N–H and O–H groups in total. The molecule has 0 saturated carbocycles. The van der Waals surface area contributed by atoms with Gasteiger partial charge in [0, 0.05) is 11.8 Å². The van der Waals surface area contributed by atoms with E-state index in [2.05, 4.69) is 25.4 Å². The highest BCUT2D eigenvalue weighted by Gasteiger charge is 1.97. The van der Waals surface area contributed by atoms with Gasteiger partial charge in [-0.1, -0.05) is 58.9 Å². The molecule has 0 aliphatic rings. The number of aromatic amines is 1. The average molecular weight is 235 g/mol. The minimum absolute atomic E-state index is 0.0967. The molecule has 0 aromatic carbocycles. The Morgan fingerprint density at radius 1 is 1.35 bits per heavy atom. The van der Waals surface area contributed by atoms with Crippen molar-refractivity contribution < 1.29 is 0 Å². The third-order valence-electron chi connectivity index (χ3n) is 1.58. The Morgan fingerprint density at radius 3 is 2.29 bits per heavy atom. The molecule has 0 spiro atoms. The van der Waals surface area contributed by atoms with Gasteiger partial charge < -0.3 is 4.98 Å². The Labute approximate surface area is 105 Å². The van der Waals surface area contributed by atoms with Crippen molar-refractivity contribution in [3.63, 3.8) is 0 Å². The lowest BCUT2D eigenvalue weighted by Gasteiger charge is -1.96. The van der Waals surface area contributed by atoms with E-state index in [1.54, 1.807) is 12.3 Å². The molecular formula is C15H25NO. The summed E-state index contributed by atoms with van der Waals surface area (Å²) < 4.78 is 0. The van der Waals surface area contributed by atoms with Crippen molar-refractivity contribution >= 4 is 12.2 Å². The topological polar surface area (TPSA) is 32.9 Å². The molecule has 0 aliphatic heterocycles.